The largest absolute Gasteiger partial charge is 6.00 e. The summed E-state index contributed by atoms with van der Waals surface area (Å²) in [5, 5.41) is 0. The zero-order valence-corrected chi connectivity index (χ0v) is 5.51. The van der Waals surface area contributed by atoms with Crippen molar-refractivity contribution in [3.05, 3.63) is 0 Å². The zero-order chi connectivity index (χ0) is 0. The second-order valence-electron chi connectivity index (χ2n) is 0. The van der Waals surface area contributed by atoms with Gasteiger partial charge in [0.25, 0.3) is 0 Å². The molecular formula is H4Cl2FeO4. The van der Waals surface area contributed by atoms with Gasteiger partial charge in [-0.25, -0.2) is 0 Å². The first-order valence-electron chi connectivity index (χ1n) is 0. The number of rotatable bonds is 0. The van der Waals surface area contributed by atoms with Crippen molar-refractivity contribution in [2.45, 2.75) is 0 Å². The fraction of sp³-hybridized carbons (Fsp3) is 0. The van der Waals surface area contributed by atoms with Gasteiger partial charge in [-0.1, -0.05) is 0 Å². The third kappa shape index (κ3) is 192. The van der Waals surface area contributed by atoms with Crippen molar-refractivity contribution in [2.24, 2.45) is 0 Å². The minimum Gasteiger partial charge on any atom is -1.00 e. The summed E-state index contributed by atoms with van der Waals surface area (Å²) in [5.74, 6) is 0. The van der Waals surface area contributed by atoms with E-state index in [4.69, 9.17) is 0 Å². The van der Waals surface area contributed by atoms with Crippen molar-refractivity contribution < 1.29 is 63.8 Å². The van der Waals surface area contributed by atoms with Crippen LogP contribution in [0.2, 0.25) is 0 Å². The summed E-state index contributed by atoms with van der Waals surface area (Å²) in [5.41, 5.74) is 0. The van der Waals surface area contributed by atoms with E-state index in [1.165, 1.54) is 0 Å². The second-order valence-corrected chi connectivity index (χ2v) is 0. The van der Waals surface area contributed by atoms with E-state index in [1.807, 2.05) is 0 Å². The Labute approximate surface area is 64.2 Å². The van der Waals surface area contributed by atoms with Crippen molar-refractivity contribution in [1.82, 2.24) is 0 Å². The number of hydrogen-bond acceptors (Lipinski definition) is 4. The van der Waals surface area contributed by atoms with Gasteiger partial charge >= 0.3 is 17.1 Å². The molecule has 0 atom stereocenters. The van der Waals surface area contributed by atoms with Crippen LogP contribution in [0.5, 0.6) is 0 Å². The smallest absolute Gasteiger partial charge is 1.00 e. The molecule has 50 valence electrons. The maximum absolute atomic E-state index is 0. The van der Waals surface area contributed by atoms with E-state index in [0.717, 1.165) is 0 Å². The van der Waals surface area contributed by atoms with Gasteiger partial charge in [-0.2, -0.15) is 0 Å². The minimum atomic E-state index is 0. The van der Waals surface area contributed by atoms with E-state index in [-0.39, 0.29) is 63.8 Å². The van der Waals surface area contributed by atoms with E-state index in [2.05, 4.69) is 0 Å². The van der Waals surface area contributed by atoms with Crippen LogP contribution < -0.4 is 24.8 Å². The maximum Gasteiger partial charge on any atom is 6.00 e. The van der Waals surface area contributed by atoms with Gasteiger partial charge in [0.15, 0.2) is 0 Å². The molecule has 0 saturated heterocycles. The standard InChI is InChI=1S/2ClH.Fe.4H2O/h2*1H;;4*1H2/q;;+6;;;;/p-6. The van der Waals surface area contributed by atoms with Crippen LogP contribution in [-0.2, 0) is 17.1 Å². The SMILES string of the molecule is [Cl-].[Cl-].[Fe+6].[OH-].[OH-].[OH-].[OH-]. The van der Waals surface area contributed by atoms with Gasteiger partial charge < -0.3 is 46.7 Å². The molecule has 0 aliphatic rings. The molecule has 7 heteroatoms. The van der Waals surface area contributed by atoms with Crippen molar-refractivity contribution in [1.29, 1.82) is 0 Å². The predicted octanol–water partition coefficient (Wildman–Crippen LogP) is -6.70. The summed E-state index contributed by atoms with van der Waals surface area (Å²) in [6, 6.07) is 0. The predicted molar refractivity (Wildman–Crippen MR) is 7.74 cm³/mol. The maximum atomic E-state index is 0. The van der Waals surface area contributed by atoms with Gasteiger partial charge in [-0.3, -0.25) is 0 Å². The number of hydrogen-bond donors (Lipinski definition) is 0. The van der Waals surface area contributed by atoms with Crippen LogP contribution in [0.4, 0.5) is 0 Å². The average Bonchev–Trinajstić information content (AvgIpc) is 0. The molecule has 0 aliphatic carbocycles. The fourth-order valence-electron chi connectivity index (χ4n) is 0. The molecular weight excluding hydrogens is 191 g/mol. The molecule has 0 aromatic rings. The molecule has 4 nitrogen and oxygen atoms in total. The first-order chi connectivity index (χ1) is 0. The zero-order valence-electron chi connectivity index (χ0n) is 2.90. The Morgan fingerprint density at radius 1 is 0.429 bits per heavy atom. The Kier molecular flexibility index (Phi) is 17200. The van der Waals surface area contributed by atoms with E-state index < -0.39 is 0 Å². The molecule has 0 bridgehead atoms. The molecule has 0 rings (SSSR count). The topological polar surface area (TPSA) is 120 Å². The Morgan fingerprint density at radius 3 is 0.429 bits per heavy atom. The monoisotopic (exact) mass is 194 g/mol. The first-order valence-corrected chi connectivity index (χ1v) is 0. The van der Waals surface area contributed by atoms with Crippen LogP contribution in [0, 0.1) is 0 Å². The number of halogens is 2. The summed E-state index contributed by atoms with van der Waals surface area (Å²) in [6.07, 6.45) is 0. The quantitative estimate of drug-likeness (QED) is 0.356. The second kappa shape index (κ2) is 277. The Balaban J connectivity index is 0. The summed E-state index contributed by atoms with van der Waals surface area (Å²) in [6.45, 7) is 0. The van der Waals surface area contributed by atoms with Gasteiger partial charge in [-0.05, 0) is 0 Å². The summed E-state index contributed by atoms with van der Waals surface area (Å²) in [4.78, 5) is 0. The molecule has 0 radical (unpaired) electrons. The molecule has 0 spiro atoms. The molecule has 0 unspecified atom stereocenters. The molecule has 7 heavy (non-hydrogen) atoms. The van der Waals surface area contributed by atoms with Crippen LogP contribution >= 0.6 is 0 Å². The van der Waals surface area contributed by atoms with Crippen LogP contribution in [-0.4, -0.2) is 21.9 Å². The molecule has 0 amide bonds. The Morgan fingerprint density at radius 2 is 0.429 bits per heavy atom. The van der Waals surface area contributed by atoms with E-state index >= 15 is 0 Å². The molecule has 0 fully saturated rings. The fourth-order valence-corrected chi connectivity index (χ4v) is 0. The molecule has 0 aromatic carbocycles. The van der Waals surface area contributed by atoms with E-state index in [9.17, 15) is 0 Å². The molecule has 4 N–H and O–H groups in total. The van der Waals surface area contributed by atoms with Crippen LogP contribution in [0.3, 0.4) is 0 Å². The van der Waals surface area contributed by atoms with Crippen LogP contribution in [0.25, 0.3) is 0 Å². The summed E-state index contributed by atoms with van der Waals surface area (Å²) >= 11 is 0. The Hall–Kier alpha value is 0.939. The van der Waals surface area contributed by atoms with Crippen molar-refractivity contribution in [3.63, 3.8) is 0 Å². The van der Waals surface area contributed by atoms with Gasteiger partial charge in [0.2, 0.25) is 0 Å². The van der Waals surface area contributed by atoms with E-state index in [0.29, 0.717) is 0 Å². The van der Waals surface area contributed by atoms with Crippen molar-refractivity contribution in [2.75, 3.05) is 0 Å². The average molecular weight is 195 g/mol. The van der Waals surface area contributed by atoms with Gasteiger partial charge in [-0.15, -0.1) is 0 Å². The van der Waals surface area contributed by atoms with Gasteiger partial charge in [0.1, 0.15) is 0 Å². The normalized spacial score (nSPS) is 0. The molecule has 0 aliphatic heterocycles. The molecule has 0 saturated carbocycles. The van der Waals surface area contributed by atoms with Gasteiger partial charge in [0.05, 0.1) is 0 Å². The third-order valence-electron chi connectivity index (χ3n) is 0. The van der Waals surface area contributed by atoms with Crippen molar-refractivity contribution >= 4 is 0 Å². The first kappa shape index (κ1) is 433. The van der Waals surface area contributed by atoms with Crippen molar-refractivity contribution in [3.8, 4) is 0 Å². The van der Waals surface area contributed by atoms with E-state index in [1.54, 1.807) is 0 Å². The molecule has 0 heterocycles. The van der Waals surface area contributed by atoms with Crippen LogP contribution in [0.1, 0.15) is 0 Å². The molecule has 0 aromatic heterocycles. The van der Waals surface area contributed by atoms with Crippen LogP contribution in [0.15, 0.2) is 0 Å². The Bertz CT molecular complexity index is 9.65. The summed E-state index contributed by atoms with van der Waals surface area (Å²) < 4.78 is 0. The third-order valence-corrected chi connectivity index (χ3v) is 0. The minimum absolute atomic E-state index is 0. The summed E-state index contributed by atoms with van der Waals surface area (Å²) in [7, 11) is 0. The van der Waals surface area contributed by atoms with Gasteiger partial charge in [0, 0.05) is 0 Å².